The molecule has 0 unspecified atom stereocenters. The molecule has 0 aliphatic rings. The zero-order chi connectivity index (χ0) is 21.0. The van der Waals surface area contributed by atoms with Crippen molar-refractivity contribution in [1.82, 2.24) is 0 Å². The Hall–Kier alpha value is -2.97. The smallest absolute Gasteiger partial charge is 0.120 e. The molecular formula is C28H28OS. The van der Waals surface area contributed by atoms with E-state index in [9.17, 15) is 0 Å². The maximum absolute atomic E-state index is 6.10. The maximum atomic E-state index is 6.10. The highest BCUT2D eigenvalue weighted by Gasteiger charge is 2.33. The zero-order valence-corrected chi connectivity index (χ0v) is 18.6. The summed E-state index contributed by atoms with van der Waals surface area (Å²) in [5.41, 5.74) is -0.218. The van der Waals surface area contributed by atoms with Gasteiger partial charge < -0.3 is 4.74 Å². The number of benzene rings is 4. The summed E-state index contributed by atoms with van der Waals surface area (Å²) in [4.78, 5) is 5.28. The number of ether oxygens (including phenoxy) is 1. The van der Waals surface area contributed by atoms with Crippen LogP contribution in [0.3, 0.4) is 0 Å². The molecule has 1 nitrogen and oxygen atoms in total. The molecule has 4 rings (SSSR count). The minimum Gasteiger partial charge on any atom is -0.488 e. The average molecular weight is 413 g/mol. The Balaban J connectivity index is 1.98. The zero-order valence-electron chi connectivity index (χ0n) is 17.8. The minimum absolute atomic E-state index is 0.218. The normalized spacial score (nSPS) is 12.4. The van der Waals surface area contributed by atoms with Crippen LogP contribution in [0.5, 0.6) is 5.75 Å². The first-order valence-corrected chi connectivity index (χ1v) is 11.9. The third-order valence-electron chi connectivity index (χ3n) is 4.89. The summed E-state index contributed by atoms with van der Waals surface area (Å²) in [5.74, 6) is 0.897. The summed E-state index contributed by atoms with van der Waals surface area (Å²) in [6, 6.07) is 41.3. The van der Waals surface area contributed by atoms with Gasteiger partial charge in [0.25, 0.3) is 0 Å². The number of rotatable bonds is 5. The standard InChI is InChI=1S/C28H28OS/c1-28(2,3)29-23-19-21-27(22-20-23)30(24-13-7-4-8-14-24,25-15-9-5-10-16-25)26-17-11-6-12-18-26/h4-22H,1-3H3. The van der Waals surface area contributed by atoms with Gasteiger partial charge in [-0.25, -0.2) is 0 Å². The second-order valence-electron chi connectivity index (χ2n) is 8.24. The Morgan fingerprint density at radius 2 is 0.800 bits per heavy atom. The van der Waals surface area contributed by atoms with Crippen molar-refractivity contribution >= 4 is 10.0 Å². The van der Waals surface area contributed by atoms with Crippen LogP contribution in [0, 0.1) is 0 Å². The molecule has 0 spiro atoms. The fourth-order valence-electron chi connectivity index (χ4n) is 3.76. The molecule has 0 N–H and O–H groups in total. The van der Waals surface area contributed by atoms with Gasteiger partial charge in [-0.05, 0) is 81.4 Å². The van der Waals surface area contributed by atoms with Crippen LogP contribution >= 0.6 is 10.0 Å². The van der Waals surface area contributed by atoms with Crippen LogP contribution in [0.4, 0.5) is 0 Å². The first kappa shape index (κ1) is 20.3. The first-order valence-electron chi connectivity index (χ1n) is 10.3. The molecule has 0 bridgehead atoms. The van der Waals surface area contributed by atoms with Crippen LogP contribution in [-0.2, 0) is 0 Å². The van der Waals surface area contributed by atoms with Gasteiger partial charge in [0.05, 0.1) is 0 Å². The van der Waals surface area contributed by atoms with Gasteiger partial charge >= 0.3 is 0 Å². The SMILES string of the molecule is CC(C)(C)Oc1ccc(S(c2ccccc2)(c2ccccc2)c2ccccc2)cc1. The lowest BCUT2D eigenvalue weighted by Gasteiger charge is -2.42. The third kappa shape index (κ3) is 4.01. The van der Waals surface area contributed by atoms with Gasteiger partial charge in [-0.3, -0.25) is 0 Å². The quantitative estimate of drug-likeness (QED) is 0.321. The second kappa shape index (κ2) is 8.41. The largest absolute Gasteiger partial charge is 0.488 e. The van der Waals surface area contributed by atoms with Crippen LogP contribution in [0.25, 0.3) is 0 Å². The van der Waals surface area contributed by atoms with Gasteiger partial charge in [0.2, 0.25) is 0 Å². The predicted molar refractivity (Wildman–Crippen MR) is 127 cm³/mol. The van der Waals surface area contributed by atoms with Crippen molar-refractivity contribution in [2.24, 2.45) is 0 Å². The van der Waals surface area contributed by atoms with E-state index < -0.39 is 10.0 Å². The summed E-state index contributed by atoms with van der Waals surface area (Å²) in [5, 5.41) is 0. The Morgan fingerprint density at radius 1 is 0.467 bits per heavy atom. The van der Waals surface area contributed by atoms with E-state index in [2.05, 4.69) is 136 Å². The van der Waals surface area contributed by atoms with Crippen molar-refractivity contribution < 1.29 is 4.74 Å². The van der Waals surface area contributed by atoms with Crippen molar-refractivity contribution in [3.05, 3.63) is 115 Å². The van der Waals surface area contributed by atoms with Crippen molar-refractivity contribution in [1.29, 1.82) is 0 Å². The van der Waals surface area contributed by atoms with Gasteiger partial charge in [-0.2, -0.15) is 0 Å². The van der Waals surface area contributed by atoms with E-state index in [1.54, 1.807) is 0 Å². The van der Waals surface area contributed by atoms with Crippen molar-refractivity contribution in [2.45, 2.75) is 46.0 Å². The molecule has 0 fully saturated rings. The average Bonchev–Trinajstić information content (AvgIpc) is 2.77. The molecular weight excluding hydrogens is 384 g/mol. The highest BCUT2D eigenvalue weighted by molar-refractivity contribution is 8.34. The topological polar surface area (TPSA) is 9.23 Å². The second-order valence-corrected chi connectivity index (χ2v) is 11.3. The summed E-state index contributed by atoms with van der Waals surface area (Å²) >= 11 is 0. The van der Waals surface area contributed by atoms with E-state index in [1.807, 2.05) is 0 Å². The molecule has 0 radical (unpaired) electrons. The van der Waals surface area contributed by atoms with E-state index in [4.69, 9.17) is 4.74 Å². The number of hydrogen-bond donors (Lipinski definition) is 0. The molecule has 0 aliphatic carbocycles. The third-order valence-corrected chi connectivity index (χ3v) is 8.81. The molecule has 152 valence electrons. The molecule has 0 aliphatic heterocycles. The summed E-state index contributed by atoms with van der Waals surface area (Å²) < 4.78 is 6.10. The maximum Gasteiger partial charge on any atom is 0.120 e. The minimum atomic E-state index is -1.63. The molecule has 4 aromatic rings. The van der Waals surface area contributed by atoms with Gasteiger partial charge in [-0.15, -0.1) is 10.0 Å². The van der Waals surface area contributed by atoms with Crippen LogP contribution in [0.15, 0.2) is 135 Å². The van der Waals surface area contributed by atoms with Gasteiger partial charge in [-0.1, -0.05) is 54.6 Å². The van der Waals surface area contributed by atoms with E-state index in [0.29, 0.717) is 0 Å². The Bertz CT molecular complexity index is 970. The lowest BCUT2D eigenvalue weighted by Crippen LogP contribution is -2.22. The van der Waals surface area contributed by atoms with E-state index in [1.165, 1.54) is 19.6 Å². The Kier molecular flexibility index (Phi) is 5.69. The Morgan fingerprint density at radius 3 is 1.13 bits per heavy atom. The van der Waals surface area contributed by atoms with E-state index in [0.717, 1.165) is 5.75 Å². The molecule has 0 atom stereocenters. The molecule has 2 heteroatoms. The summed E-state index contributed by atoms with van der Waals surface area (Å²) in [7, 11) is -1.63. The molecule has 0 heterocycles. The van der Waals surface area contributed by atoms with Gasteiger partial charge in [0.15, 0.2) is 0 Å². The van der Waals surface area contributed by atoms with Gasteiger partial charge in [0, 0.05) is 19.6 Å². The summed E-state index contributed by atoms with van der Waals surface area (Å²) in [6.45, 7) is 6.23. The molecule has 0 aromatic heterocycles. The molecule has 30 heavy (non-hydrogen) atoms. The highest BCUT2D eigenvalue weighted by atomic mass is 32.3. The fraction of sp³-hybridized carbons (Fsp3) is 0.143. The van der Waals surface area contributed by atoms with Crippen LogP contribution in [-0.4, -0.2) is 5.60 Å². The number of hydrogen-bond acceptors (Lipinski definition) is 1. The first-order chi connectivity index (χ1) is 14.5. The Labute approximate surface area is 181 Å². The van der Waals surface area contributed by atoms with Crippen LogP contribution in [0.1, 0.15) is 20.8 Å². The van der Waals surface area contributed by atoms with Crippen LogP contribution in [0.2, 0.25) is 0 Å². The molecule has 0 saturated heterocycles. The fourth-order valence-corrected chi connectivity index (χ4v) is 7.63. The molecule has 0 amide bonds. The van der Waals surface area contributed by atoms with Crippen molar-refractivity contribution in [3.63, 3.8) is 0 Å². The van der Waals surface area contributed by atoms with Crippen LogP contribution < -0.4 is 4.74 Å². The lowest BCUT2D eigenvalue weighted by atomic mass is 10.2. The van der Waals surface area contributed by atoms with E-state index in [-0.39, 0.29) is 5.60 Å². The van der Waals surface area contributed by atoms with Crippen molar-refractivity contribution in [2.75, 3.05) is 0 Å². The summed E-state index contributed by atoms with van der Waals surface area (Å²) in [6.07, 6.45) is 0. The van der Waals surface area contributed by atoms with Gasteiger partial charge in [0.1, 0.15) is 11.4 Å². The monoisotopic (exact) mass is 412 g/mol. The van der Waals surface area contributed by atoms with Crippen molar-refractivity contribution in [3.8, 4) is 5.75 Å². The van der Waals surface area contributed by atoms with E-state index >= 15 is 0 Å². The molecule has 0 saturated carbocycles. The highest BCUT2D eigenvalue weighted by Crippen LogP contribution is 2.73. The lowest BCUT2D eigenvalue weighted by molar-refractivity contribution is 0.131. The predicted octanol–water partition coefficient (Wildman–Crippen LogP) is 8.20. The molecule has 4 aromatic carbocycles.